The Labute approximate surface area is 88.9 Å². The maximum absolute atomic E-state index is 9.72. The van der Waals surface area contributed by atoms with Gasteiger partial charge in [-0.3, -0.25) is 0 Å². The van der Waals surface area contributed by atoms with Crippen molar-refractivity contribution in [2.75, 3.05) is 13.1 Å². The van der Waals surface area contributed by atoms with Gasteiger partial charge in [0.15, 0.2) is 0 Å². The molecule has 0 aromatic heterocycles. The molecule has 0 aliphatic carbocycles. The van der Waals surface area contributed by atoms with Gasteiger partial charge >= 0.3 is 0 Å². The van der Waals surface area contributed by atoms with Gasteiger partial charge in [0.1, 0.15) is 5.75 Å². The molecule has 1 aromatic carbocycles. The average Bonchev–Trinajstić information content (AvgIpc) is 2.19. The third-order valence-corrected chi connectivity index (χ3v) is 3.36. The van der Waals surface area contributed by atoms with Gasteiger partial charge in [-0.1, -0.05) is 18.2 Å². The summed E-state index contributed by atoms with van der Waals surface area (Å²) in [4.78, 5) is -0.378. The van der Waals surface area contributed by atoms with Crippen LogP contribution >= 0.6 is 11.6 Å². The molecule has 2 N–H and O–H groups in total. The van der Waals surface area contributed by atoms with Crippen LogP contribution in [0.4, 0.5) is 0 Å². The van der Waals surface area contributed by atoms with Crippen molar-refractivity contribution < 1.29 is 5.11 Å². The van der Waals surface area contributed by atoms with E-state index in [1.54, 1.807) is 6.07 Å². The van der Waals surface area contributed by atoms with Gasteiger partial charge in [0.05, 0.1) is 4.87 Å². The molecule has 1 heterocycles. The molecule has 0 bridgehead atoms. The molecule has 3 heteroatoms. The highest BCUT2D eigenvalue weighted by Crippen LogP contribution is 2.41. The molecular formula is C11H14ClNO. The van der Waals surface area contributed by atoms with Crippen molar-refractivity contribution in [2.45, 2.75) is 17.7 Å². The fourth-order valence-corrected chi connectivity index (χ4v) is 2.29. The van der Waals surface area contributed by atoms with Gasteiger partial charge in [-0.05, 0) is 32.0 Å². The third kappa shape index (κ3) is 1.72. The van der Waals surface area contributed by atoms with Crippen LogP contribution in [0.5, 0.6) is 5.75 Å². The fraction of sp³-hybridized carbons (Fsp3) is 0.455. The Kier molecular flexibility index (Phi) is 2.66. The number of alkyl halides is 1. The minimum atomic E-state index is -0.378. The first-order valence-electron chi connectivity index (χ1n) is 4.90. The molecule has 14 heavy (non-hydrogen) atoms. The number of hydrogen-bond donors (Lipinski definition) is 2. The van der Waals surface area contributed by atoms with E-state index in [2.05, 4.69) is 5.32 Å². The van der Waals surface area contributed by atoms with E-state index in [0.717, 1.165) is 31.5 Å². The number of hydrogen-bond acceptors (Lipinski definition) is 2. The van der Waals surface area contributed by atoms with Gasteiger partial charge in [-0.2, -0.15) is 0 Å². The molecule has 0 radical (unpaired) electrons. The van der Waals surface area contributed by atoms with Crippen molar-refractivity contribution in [3.05, 3.63) is 29.8 Å². The number of rotatable bonds is 1. The lowest BCUT2D eigenvalue weighted by molar-refractivity contribution is 0.392. The summed E-state index contributed by atoms with van der Waals surface area (Å²) in [6, 6.07) is 7.34. The van der Waals surface area contributed by atoms with Crippen molar-refractivity contribution in [3.8, 4) is 5.75 Å². The Hall–Kier alpha value is -0.730. The van der Waals surface area contributed by atoms with Gasteiger partial charge < -0.3 is 10.4 Å². The second-order valence-electron chi connectivity index (χ2n) is 3.73. The first-order chi connectivity index (χ1) is 6.72. The largest absolute Gasteiger partial charge is 0.508 e. The average molecular weight is 212 g/mol. The predicted octanol–water partition coefficient (Wildman–Crippen LogP) is 2.21. The van der Waals surface area contributed by atoms with Crippen LogP contribution in [0.2, 0.25) is 0 Å². The first-order valence-corrected chi connectivity index (χ1v) is 5.28. The summed E-state index contributed by atoms with van der Waals surface area (Å²) in [5, 5.41) is 13.0. The number of phenols is 1. The molecule has 1 aromatic rings. The molecule has 1 aliphatic rings. The molecule has 2 rings (SSSR count). The number of para-hydroxylation sites is 1. The highest BCUT2D eigenvalue weighted by molar-refractivity contribution is 6.24. The summed E-state index contributed by atoms with van der Waals surface area (Å²) in [6.45, 7) is 1.83. The lowest BCUT2D eigenvalue weighted by Gasteiger charge is -2.32. The molecule has 0 atom stereocenters. The number of phenolic OH excluding ortho intramolecular Hbond substituents is 1. The fourth-order valence-electron chi connectivity index (χ4n) is 1.94. The summed E-state index contributed by atoms with van der Waals surface area (Å²) >= 11 is 6.51. The Bertz CT molecular complexity index is 321. The Morgan fingerprint density at radius 3 is 2.50 bits per heavy atom. The van der Waals surface area contributed by atoms with Crippen LogP contribution in [-0.2, 0) is 4.87 Å². The lowest BCUT2D eigenvalue weighted by Crippen LogP contribution is -2.35. The zero-order chi connectivity index (χ0) is 10.0. The molecule has 0 unspecified atom stereocenters. The van der Waals surface area contributed by atoms with Crippen LogP contribution in [0.25, 0.3) is 0 Å². The van der Waals surface area contributed by atoms with Gasteiger partial charge in [-0.25, -0.2) is 0 Å². The van der Waals surface area contributed by atoms with E-state index < -0.39 is 0 Å². The van der Waals surface area contributed by atoms with Gasteiger partial charge in [-0.15, -0.1) is 11.6 Å². The van der Waals surface area contributed by atoms with Gasteiger partial charge in [0.2, 0.25) is 0 Å². The smallest absolute Gasteiger partial charge is 0.120 e. The summed E-state index contributed by atoms with van der Waals surface area (Å²) in [6.07, 6.45) is 1.73. The maximum atomic E-state index is 9.72. The zero-order valence-electron chi connectivity index (χ0n) is 7.96. The summed E-state index contributed by atoms with van der Waals surface area (Å²) < 4.78 is 0. The van der Waals surface area contributed by atoms with Crippen LogP contribution < -0.4 is 5.32 Å². The topological polar surface area (TPSA) is 32.3 Å². The standard InChI is InChI=1S/C11H14ClNO/c12-11(5-7-13-8-6-11)9-3-1-2-4-10(9)14/h1-4,13-14H,5-8H2. The van der Waals surface area contributed by atoms with Crippen molar-refractivity contribution in [1.82, 2.24) is 5.32 Å². The number of benzene rings is 1. The minimum absolute atomic E-state index is 0.310. The minimum Gasteiger partial charge on any atom is -0.508 e. The van der Waals surface area contributed by atoms with E-state index in [9.17, 15) is 5.11 Å². The predicted molar refractivity (Wildman–Crippen MR) is 57.7 cm³/mol. The van der Waals surface area contributed by atoms with Crippen molar-refractivity contribution >= 4 is 11.6 Å². The van der Waals surface area contributed by atoms with Crippen molar-refractivity contribution in [1.29, 1.82) is 0 Å². The van der Waals surface area contributed by atoms with Crippen LogP contribution in [0, 0.1) is 0 Å². The summed E-state index contributed by atoms with van der Waals surface area (Å²) in [5.41, 5.74) is 0.864. The second kappa shape index (κ2) is 3.79. The number of aromatic hydroxyl groups is 1. The Morgan fingerprint density at radius 2 is 1.86 bits per heavy atom. The molecular weight excluding hydrogens is 198 g/mol. The van der Waals surface area contributed by atoms with E-state index in [0.29, 0.717) is 5.75 Å². The zero-order valence-corrected chi connectivity index (χ0v) is 8.72. The molecule has 1 saturated heterocycles. The summed E-state index contributed by atoms with van der Waals surface area (Å²) in [7, 11) is 0. The lowest BCUT2D eigenvalue weighted by atomic mass is 9.88. The van der Waals surface area contributed by atoms with Crippen LogP contribution in [0.3, 0.4) is 0 Å². The van der Waals surface area contributed by atoms with Gasteiger partial charge in [0.25, 0.3) is 0 Å². The van der Waals surface area contributed by atoms with E-state index in [4.69, 9.17) is 11.6 Å². The van der Waals surface area contributed by atoms with Gasteiger partial charge in [0, 0.05) is 5.56 Å². The van der Waals surface area contributed by atoms with Crippen LogP contribution in [-0.4, -0.2) is 18.2 Å². The highest BCUT2D eigenvalue weighted by atomic mass is 35.5. The Balaban J connectivity index is 2.32. The number of nitrogens with one attached hydrogen (secondary N) is 1. The van der Waals surface area contributed by atoms with Crippen LogP contribution in [0.1, 0.15) is 18.4 Å². The quantitative estimate of drug-likeness (QED) is 0.699. The molecule has 0 amide bonds. The molecule has 2 nitrogen and oxygen atoms in total. The van der Waals surface area contributed by atoms with Crippen molar-refractivity contribution in [3.63, 3.8) is 0 Å². The second-order valence-corrected chi connectivity index (χ2v) is 4.46. The summed E-state index contributed by atoms with van der Waals surface area (Å²) in [5.74, 6) is 0.310. The van der Waals surface area contributed by atoms with Crippen molar-refractivity contribution in [2.24, 2.45) is 0 Å². The van der Waals surface area contributed by atoms with E-state index in [-0.39, 0.29) is 4.87 Å². The Morgan fingerprint density at radius 1 is 1.21 bits per heavy atom. The molecule has 0 saturated carbocycles. The monoisotopic (exact) mass is 211 g/mol. The molecule has 1 fully saturated rings. The highest BCUT2D eigenvalue weighted by Gasteiger charge is 2.33. The molecule has 76 valence electrons. The van der Waals surface area contributed by atoms with E-state index in [1.165, 1.54) is 0 Å². The number of piperidine rings is 1. The molecule has 0 spiro atoms. The van der Waals surface area contributed by atoms with E-state index in [1.807, 2.05) is 18.2 Å². The van der Waals surface area contributed by atoms with Crippen LogP contribution in [0.15, 0.2) is 24.3 Å². The van der Waals surface area contributed by atoms with E-state index >= 15 is 0 Å². The third-order valence-electron chi connectivity index (χ3n) is 2.78. The normalized spacial score (nSPS) is 20.6. The first kappa shape index (κ1) is 9.81. The SMILES string of the molecule is Oc1ccccc1C1(Cl)CCNCC1. The number of halogens is 1. The maximum Gasteiger partial charge on any atom is 0.120 e. The molecule has 1 aliphatic heterocycles.